The molecule has 1 heterocycles. The molecule has 0 aliphatic heterocycles. The van der Waals surface area contributed by atoms with Gasteiger partial charge in [-0.3, -0.25) is 0 Å². The highest BCUT2D eigenvalue weighted by molar-refractivity contribution is 7.84. The lowest BCUT2D eigenvalue weighted by atomic mass is 10.1. The summed E-state index contributed by atoms with van der Waals surface area (Å²) >= 11 is 0. The number of hydrogen-bond donors (Lipinski definition) is 1. The van der Waals surface area contributed by atoms with Crippen LogP contribution in [0.25, 0.3) is 0 Å². The van der Waals surface area contributed by atoms with E-state index in [2.05, 4.69) is 16.9 Å². The van der Waals surface area contributed by atoms with Crippen molar-refractivity contribution in [2.24, 2.45) is 0 Å². The van der Waals surface area contributed by atoms with Crippen molar-refractivity contribution >= 4 is 11.0 Å². The van der Waals surface area contributed by atoms with Crippen molar-refractivity contribution in [2.75, 3.05) is 0 Å². The number of rotatable bonds is 5. The molecule has 1 N–H and O–H groups in total. The maximum Gasteiger partial charge on any atom is 0.121 e. The topological polar surface area (TPSA) is 42.2 Å². The van der Waals surface area contributed by atoms with Gasteiger partial charge in [-0.15, -0.1) is 0 Å². The summed E-state index contributed by atoms with van der Waals surface area (Å²) in [6.07, 6.45) is 2.39. The molecule has 0 saturated heterocycles. The Morgan fingerprint density at radius 2 is 1.85 bits per heavy atom. The van der Waals surface area contributed by atoms with Gasteiger partial charge in [0.15, 0.2) is 0 Å². The summed E-state index contributed by atoms with van der Waals surface area (Å²) in [6.45, 7) is 5.87. The molecule has 0 spiro atoms. The molecule has 1 aromatic carbocycles. The van der Waals surface area contributed by atoms with Crippen LogP contribution in [0.4, 0.5) is 0 Å². The van der Waals surface area contributed by atoms with Crippen LogP contribution in [0, 0.1) is 0 Å². The van der Waals surface area contributed by atoms with Crippen LogP contribution < -0.4 is 4.72 Å². The molecule has 3 nitrogen and oxygen atoms in total. The van der Waals surface area contributed by atoms with Gasteiger partial charge in [0.2, 0.25) is 0 Å². The van der Waals surface area contributed by atoms with Crippen molar-refractivity contribution in [3.05, 3.63) is 60.1 Å². The normalized spacial score (nSPS) is 14.9. The van der Waals surface area contributed by atoms with Gasteiger partial charge in [-0.05, 0) is 44.9 Å². The molecule has 2 atom stereocenters. The maximum absolute atomic E-state index is 12.3. The van der Waals surface area contributed by atoms with Crippen LogP contribution in [-0.2, 0) is 17.4 Å². The Bertz CT molecular complexity index is 544. The van der Waals surface area contributed by atoms with Gasteiger partial charge >= 0.3 is 0 Å². The number of furan rings is 1. The lowest BCUT2D eigenvalue weighted by Gasteiger charge is -2.23. The number of hydrogen-bond acceptors (Lipinski definition) is 2. The van der Waals surface area contributed by atoms with Gasteiger partial charge in [-0.2, -0.15) is 0 Å². The van der Waals surface area contributed by atoms with Crippen molar-refractivity contribution in [2.45, 2.75) is 38.0 Å². The number of benzene rings is 1. The zero-order chi connectivity index (χ0) is 14.6. The third kappa shape index (κ3) is 4.05. The monoisotopic (exact) mass is 291 g/mol. The zero-order valence-corrected chi connectivity index (χ0v) is 12.9. The van der Waals surface area contributed by atoms with Gasteiger partial charge in [0.1, 0.15) is 5.76 Å². The van der Waals surface area contributed by atoms with E-state index in [0.29, 0.717) is 0 Å². The van der Waals surface area contributed by atoms with E-state index in [9.17, 15) is 4.21 Å². The first-order valence-corrected chi connectivity index (χ1v) is 7.87. The van der Waals surface area contributed by atoms with Crippen molar-refractivity contribution in [3.63, 3.8) is 0 Å². The van der Waals surface area contributed by atoms with E-state index in [-0.39, 0.29) is 10.8 Å². The Kier molecular flexibility index (Phi) is 4.78. The van der Waals surface area contributed by atoms with Crippen molar-refractivity contribution in [1.29, 1.82) is 0 Å². The molecule has 0 aliphatic carbocycles. The van der Waals surface area contributed by atoms with Crippen LogP contribution in [0.3, 0.4) is 0 Å². The molecule has 0 amide bonds. The zero-order valence-electron chi connectivity index (χ0n) is 12.1. The Morgan fingerprint density at radius 3 is 2.40 bits per heavy atom. The van der Waals surface area contributed by atoms with E-state index in [1.54, 1.807) is 6.26 Å². The highest BCUT2D eigenvalue weighted by Gasteiger charge is 2.25. The van der Waals surface area contributed by atoms with Crippen LogP contribution in [-0.4, -0.2) is 8.96 Å². The van der Waals surface area contributed by atoms with Crippen LogP contribution >= 0.6 is 0 Å². The fourth-order valence-electron chi connectivity index (χ4n) is 1.85. The molecule has 0 aliphatic rings. The molecule has 0 bridgehead atoms. The first-order valence-electron chi connectivity index (χ1n) is 6.72. The summed E-state index contributed by atoms with van der Waals surface area (Å²) in [5, 5.41) is 0. The van der Waals surface area contributed by atoms with Gasteiger partial charge in [0, 0.05) is 0 Å². The van der Waals surface area contributed by atoms with Crippen molar-refractivity contribution in [1.82, 2.24) is 4.72 Å². The van der Waals surface area contributed by atoms with Gasteiger partial charge in [0.05, 0.1) is 28.0 Å². The SMILES string of the molecule is CC(C)(C)S(=O)NC(Cc1ccccc1)c1ccco1. The average molecular weight is 291 g/mol. The summed E-state index contributed by atoms with van der Waals surface area (Å²) in [5.74, 6) is 0.812. The summed E-state index contributed by atoms with van der Waals surface area (Å²) in [6, 6.07) is 13.8. The van der Waals surface area contributed by atoms with Crippen LogP contribution in [0.1, 0.15) is 38.1 Å². The van der Waals surface area contributed by atoms with E-state index >= 15 is 0 Å². The van der Waals surface area contributed by atoms with Crippen molar-refractivity contribution in [3.8, 4) is 0 Å². The largest absolute Gasteiger partial charge is 0.468 e. The molecule has 2 aromatic rings. The van der Waals surface area contributed by atoms with E-state index in [1.807, 2.05) is 51.1 Å². The molecular formula is C16H21NO2S. The van der Waals surface area contributed by atoms with E-state index in [0.717, 1.165) is 12.2 Å². The molecule has 20 heavy (non-hydrogen) atoms. The second-order valence-electron chi connectivity index (χ2n) is 5.76. The fraction of sp³-hybridized carbons (Fsp3) is 0.375. The molecule has 0 radical (unpaired) electrons. The summed E-state index contributed by atoms with van der Waals surface area (Å²) in [7, 11) is -1.14. The van der Waals surface area contributed by atoms with Gasteiger partial charge in [0.25, 0.3) is 0 Å². The minimum absolute atomic E-state index is 0.0903. The van der Waals surface area contributed by atoms with E-state index in [1.165, 1.54) is 5.56 Å². The van der Waals surface area contributed by atoms with Crippen LogP contribution in [0.15, 0.2) is 53.1 Å². The van der Waals surface area contributed by atoms with Gasteiger partial charge in [-0.1, -0.05) is 30.3 Å². The quantitative estimate of drug-likeness (QED) is 0.914. The molecule has 1 aromatic heterocycles. The second-order valence-corrected chi connectivity index (χ2v) is 7.75. The van der Waals surface area contributed by atoms with Crippen LogP contribution in [0.5, 0.6) is 0 Å². The average Bonchev–Trinajstić information content (AvgIpc) is 2.92. The lowest BCUT2D eigenvalue weighted by Crippen LogP contribution is -2.36. The predicted molar refractivity (Wildman–Crippen MR) is 82.6 cm³/mol. The third-order valence-corrected chi connectivity index (χ3v) is 4.59. The van der Waals surface area contributed by atoms with Crippen molar-refractivity contribution < 1.29 is 8.63 Å². The smallest absolute Gasteiger partial charge is 0.121 e. The second kappa shape index (κ2) is 6.37. The first kappa shape index (κ1) is 15.0. The van der Waals surface area contributed by atoms with Gasteiger partial charge < -0.3 is 4.42 Å². The summed E-state index contributed by atoms with van der Waals surface area (Å²) < 4.78 is 20.7. The highest BCUT2D eigenvalue weighted by atomic mass is 32.2. The standard InChI is InChI=1S/C16H21NO2S/c1-16(2,3)20(18)17-14(15-10-7-11-19-15)12-13-8-5-4-6-9-13/h4-11,14,17H,12H2,1-3H3. The molecule has 0 fully saturated rings. The highest BCUT2D eigenvalue weighted by Crippen LogP contribution is 2.21. The molecule has 0 saturated carbocycles. The molecule has 4 heteroatoms. The Labute approximate surface area is 123 Å². The lowest BCUT2D eigenvalue weighted by molar-refractivity contribution is 0.446. The Balaban J connectivity index is 2.16. The Hall–Kier alpha value is -1.39. The van der Waals surface area contributed by atoms with E-state index < -0.39 is 11.0 Å². The van der Waals surface area contributed by atoms with Crippen LogP contribution in [0.2, 0.25) is 0 Å². The fourth-order valence-corrected chi connectivity index (χ4v) is 2.66. The Morgan fingerprint density at radius 1 is 1.15 bits per heavy atom. The predicted octanol–water partition coefficient (Wildman–Crippen LogP) is 3.62. The first-order chi connectivity index (χ1) is 9.47. The minimum Gasteiger partial charge on any atom is -0.468 e. The minimum atomic E-state index is -1.14. The van der Waals surface area contributed by atoms with Gasteiger partial charge in [-0.25, -0.2) is 8.93 Å². The maximum atomic E-state index is 12.3. The molecular weight excluding hydrogens is 270 g/mol. The molecule has 2 unspecified atom stereocenters. The third-order valence-electron chi connectivity index (χ3n) is 2.97. The van der Waals surface area contributed by atoms with E-state index in [4.69, 9.17) is 4.42 Å². The number of nitrogens with one attached hydrogen (secondary N) is 1. The summed E-state index contributed by atoms with van der Waals surface area (Å²) in [5.41, 5.74) is 1.19. The summed E-state index contributed by atoms with van der Waals surface area (Å²) in [4.78, 5) is 0. The molecule has 108 valence electrons. The molecule has 2 rings (SSSR count).